The number of hydrogen-bond donors (Lipinski definition) is 1. The molecule has 9 heteroatoms. The highest BCUT2D eigenvalue weighted by Gasteiger charge is 2.34. The first-order chi connectivity index (χ1) is 16.0. The van der Waals surface area contributed by atoms with Crippen LogP contribution in [0.5, 0.6) is 0 Å². The first-order valence-corrected chi connectivity index (χ1v) is 12.1. The van der Waals surface area contributed by atoms with Crippen LogP contribution < -0.4 is 5.43 Å². The molecule has 3 heterocycles. The topological polar surface area (TPSA) is 54.3 Å². The summed E-state index contributed by atoms with van der Waals surface area (Å²) in [5.41, 5.74) is 4.90. The third-order valence-corrected chi connectivity index (χ3v) is 7.33. The monoisotopic (exact) mass is 493 g/mol. The van der Waals surface area contributed by atoms with Crippen LogP contribution in [0.4, 0.5) is 4.39 Å². The summed E-state index contributed by atoms with van der Waals surface area (Å²) in [6, 6.07) is 17.9. The van der Waals surface area contributed by atoms with Gasteiger partial charge in [0.2, 0.25) is 0 Å². The number of aromatic nitrogens is 1. The number of carbonyl (C=O) groups is 2. The molecule has 0 spiro atoms. The van der Waals surface area contributed by atoms with Crippen LogP contribution in [-0.2, 0) is 11.3 Å². The van der Waals surface area contributed by atoms with E-state index in [0.717, 1.165) is 33.2 Å². The van der Waals surface area contributed by atoms with E-state index in [2.05, 4.69) is 5.43 Å². The number of para-hydroxylation sites is 1. The van der Waals surface area contributed by atoms with Crippen molar-refractivity contribution in [1.29, 1.82) is 0 Å². The SMILES string of the molecule is O=C(NN1C(=O)/C(=C/c2cn(Cc3ccccc3F)c3ccccc23)SC1=S)c1cccs1. The van der Waals surface area contributed by atoms with Crippen molar-refractivity contribution in [3.8, 4) is 0 Å². The molecule has 2 aromatic heterocycles. The van der Waals surface area contributed by atoms with Gasteiger partial charge in [-0.15, -0.1) is 11.3 Å². The number of fused-ring (bicyclic) bond motifs is 1. The molecular formula is C24H16FN3O2S3. The van der Waals surface area contributed by atoms with Crippen LogP contribution in [0.25, 0.3) is 17.0 Å². The standard InChI is InChI=1S/C24H16FN3O2S3/c25-18-8-3-1-6-15(18)13-27-14-16(17-7-2-4-9-19(17)27)12-21-23(30)28(24(31)33-21)26-22(29)20-10-5-11-32-20/h1-12,14H,13H2,(H,26,29)/b21-12-. The molecule has 0 aliphatic carbocycles. The molecule has 2 aromatic carbocycles. The van der Waals surface area contributed by atoms with Gasteiger partial charge in [0.25, 0.3) is 11.8 Å². The number of amides is 2. The average Bonchev–Trinajstić information content (AvgIpc) is 3.52. The number of hydrogen-bond acceptors (Lipinski definition) is 5. The fourth-order valence-corrected chi connectivity index (χ4v) is 5.38. The Morgan fingerprint density at radius 3 is 2.67 bits per heavy atom. The van der Waals surface area contributed by atoms with Crippen LogP contribution in [0, 0.1) is 5.82 Å². The van der Waals surface area contributed by atoms with Gasteiger partial charge < -0.3 is 4.57 Å². The largest absolute Gasteiger partial charge is 0.342 e. The molecule has 0 bridgehead atoms. The van der Waals surface area contributed by atoms with E-state index in [0.29, 0.717) is 21.9 Å². The fourth-order valence-electron chi connectivity index (χ4n) is 3.60. The Balaban J connectivity index is 1.45. The third kappa shape index (κ3) is 4.22. The maximum atomic E-state index is 14.2. The zero-order valence-corrected chi connectivity index (χ0v) is 19.5. The second-order valence-electron chi connectivity index (χ2n) is 7.26. The lowest BCUT2D eigenvalue weighted by molar-refractivity contribution is -0.123. The molecule has 1 fully saturated rings. The predicted octanol–water partition coefficient (Wildman–Crippen LogP) is 5.44. The number of thioether (sulfide) groups is 1. The normalized spacial score (nSPS) is 15.1. The van der Waals surface area contributed by atoms with Gasteiger partial charge in [0.1, 0.15) is 5.82 Å². The van der Waals surface area contributed by atoms with Crippen molar-refractivity contribution in [2.24, 2.45) is 0 Å². The zero-order chi connectivity index (χ0) is 22.9. The van der Waals surface area contributed by atoms with Crippen molar-refractivity contribution in [3.05, 3.63) is 99.0 Å². The van der Waals surface area contributed by atoms with E-state index in [1.165, 1.54) is 17.4 Å². The predicted molar refractivity (Wildman–Crippen MR) is 134 cm³/mol. The minimum absolute atomic E-state index is 0.256. The van der Waals surface area contributed by atoms with E-state index in [4.69, 9.17) is 12.2 Å². The summed E-state index contributed by atoms with van der Waals surface area (Å²) in [7, 11) is 0. The Bertz CT molecular complexity index is 1430. The molecule has 5 rings (SSSR count). The summed E-state index contributed by atoms with van der Waals surface area (Å²) in [4.78, 5) is 26.3. The van der Waals surface area contributed by atoms with Crippen molar-refractivity contribution < 1.29 is 14.0 Å². The molecule has 33 heavy (non-hydrogen) atoms. The van der Waals surface area contributed by atoms with E-state index >= 15 is 0 Å². The quantitative estimate of drug-likeness (QED) is 0.297. The molecule has 0 unspecified atom stereocenters. The van der Waals surface area contributed by atoms with Gasteiger partial charge in [-0.2, -0.15) is 5.01 Å². The highest BCUT2D eigenvalue weighted by Crippen LogP contribution is 2.34. The molecule has 0 saturated carbocycles. The molecule has 1 N–H and O–H groups in total. The molecule has 0 atom stereocenters. The number of halogens is 1. The first-order valence-electron chi connectivity index (χ1n) is 9.95. The first kappa shape index (κ1) is 21.6. The number of thiophene rings is 1. The summed E-state index contributed by atoms with van der Waals surface area (Å²) in [6.45, 7) is 0.360. The van der Waals surface area contributed by atoms with Crippen molar-refractivity contribution in [1.82, 2.24) is 15.0 Å². The van der Waals surface area contributed by atoms with E-state index in [9.17, 15) is 14.0 Å². The van der Waals surface area contributed by atoms with Crippen LogP contribution >= 0.6 is 35.3 Å². The lowest BCUT2D eigenvalue weighted by atomic mass is 10.1. The smallest absolute Gasteiger partial charge is 0.285 e. The molecule has 164 valence electrons. The highest BCUT2D eigenvalue weighted by molar-refractivity contribution is 8.26. The molecule has 4 aromatic rings. The maximum Gasteiger partial charge on any atom is 0.285 e. The summed E-state index contributed by atoms with van der Waals surface area (Å²) in [5.74, 6) is -1.04. The Morgan fingerprint density at radius 1 is 1.09 bits per heavy atom. The number of nitrogens with zero attached hydrogens (tertiary/aromatic N) is 2. The lowest BCUT2D eigenvalue weighted by Crippen LogP contribution is -2.44. The second-order valence-corrected chi connectivity index (χ2v) is 9.88. The fraction of sp³-hybridized carbons (Fsp3) is 0.0417. The number of carbonyl (C=O) groups excluding carboxylic acids is 2. The molecule has 0 radical (unpaired) electrons. The Kier molecular flexibility index (Phi) is 5.84. The van der Waals surface area contributed by atoms with Crippen molar-refractivity contribution in [2.45, 2.75) is 6.54 Å². The molecule has 1 aliphatic rings. The Labute approximate surface area is 202 Å². The van der Waals surface area contributed by atoms with Gasteiger partial charge in [-0.3, -0.25) is 15.0 Å². The lowest BCUT2D eigenvalue weighted by Gasteiger charge is -2.14. The van der Waals surface area contributed by atoms with Gasteiger partial charge in [0, 0.05) is 28.2 Å². The van der Waals surface area contributed by atoms with E-state index in [-0.39, 0.29) is 22.0 Å². The Morgan fingerprint density at radius 2 is 1.88 bits per heavy atom. The average molecular weight is 494 g/mol. The molecule has 1 saturated heterocycles. The van der Waals surface area contributed by atoms with E-state index in [1.807, 2.05) is 35.0 Å². The molecule has 2 amide bonds. The van der Waals surface area contributed by atoms with Crippen molar-refractivity contribution >= 4 is 68.4 Å². The molecule has 5 nitrogen and oxygen atoms in total. The summed E-state index contributed by atoms with van der Waals surface area (Å²) in [5, 5.41) is 3.82. The second kappa shape index (κ2) is 8.93. The maximum absolute atomic E-state index is 14.2. The van der Waals surface area contributed by atoms with Gasteiger partial charge in [0.05, 0.1) is 16.3 Å². The molecular weight excluding hydrogens is 477 g/mol. The van der Waals surface area contributed by atoms with Crippen LogP contribution in [0.2, 0.25) is 0 Å². The highest BCUT2D eigenvalue weighted by atomic mass is 32.2. The van der Waals surface area contributed by atoms with Crippen LogP contribution in [-0.4, -0.2) is 25.7 Å². The number of benzene rings is 2. The minimum atomic E-state index is -0.388. The molecule has 1 aliphatic heterocycles. The van der Waals surface area contributed by atoms with Crippen LogP contribution in [0.1, 0.15) is 20.8 Å². The van der Waals surface area contributed by atoms with Crippen LogP contribution in [0.15, 0.2) is 77.1 Å². The summed E-state index contributed by atoms with van der Waals surface area (Å²) in [6.07, 6.45) is 3.66. The van der Waals surface area contributed by atoms with Gasteiger partial charge in [-0.1, -0.05) is 54.2 Å². The van der Waals surface area contributed by atoms with E-state index in [1.54, 1.807) is 41.8 Å². The minimum Gasteiger partial charge on any atom is -0.342 e. The van der Waals surface area contributed by atoms with Crippen molar-refractivity contribution in [3.63, 3.8) is 0 Å². The van der Waals surface area contributed by atoms with Gasteiger partial charge in [0.15, 0.2) is 4.32 Å². The number of thiocarbonyl (C=S) groups is 1. The summed E-state index contributed by atoms with van der Waals surface area (Å²) < 4.78 is 16.4. The Hall–Kier alpha value is -3.27. The number of hydrazine groups is 1. The number of nitrogens with one attached hydrogen (secondary N) is 1. The van der Waals surface area contributed by atoms with Crippen LogP contribution in [0.3, 0.4) is 0 Å². The third-order valence-electron chi connectivity index (χ3n) is 5.16. The zero-order valence-electron chi connectivity index (χ0n) is 17.0. The van der Waals surface area contributed by atoms with Crippen molar-refractivity contribution in [2.75, 3.05) is 0 Å². The number of rotatable bonds is 5. The van der Waals surface area contributed by atoms with Gasteiger partial charge >= 0.3 is 0 Å². The van der Waals surface area contributed by atoms with E-state index < -0.39 is 0 Å². The van der Waals surface area contributed by atoms with Gasteiger partial charge in [-0.05, 0) is 41.9 Å². The van der Waals surface area contributed by atoms with Gasteiger partial charge in [-0.25, -0.2) is 4.39 Å². The summed E-state index contributed by atoms with van der Waals surface area (Å²) >= 11 is 7.74.